The molecule has 0 fully saturated rings. The normalized spacial score (nSPS) is 12.6. The second-order valence-electron chi connectivity index (χ2n) is 4.56. The quantitative estimate of drug-likeness (QED) is 0.877. The van der Waals surface area contributed by atoms with Crippen LogP contribution in [0.15, 0.2) is 24.3 Å². The van der Waals surface area contributed by atoms with Gasteiger partial charge in [0.2, 0.25) is 5.91 Å². The Hall–Kier alpha value is -2.05. The van der Waals surface area contributed by atoms with Crippen LogP contribution in [0.2, 0.25) is 0 Å². The predicted molar refractivity (Wildman–Crippen MR) is 71.7 cm³/mol. The highest BCUT2D eigenvalue weighted by atomic mass is 19.4. The van der Waals surface area contributed by atoms with Crippen LogP contribution in [0.1, 0.15) is 36.2 Å². The predicted octanol–water partition coefficient (Wildman–Crippen LogP) is 2.35. The highest BCUT2D eigenvalue weighted by Gasteiger charge is 2.31. The molecule has 4 nitrogen and oxygen atoms in total. The van der Waals surface area contributed by atoms with Crippen LogP contribution in [-0.4, -0.2) is 24.4 Å². The minimum atomic E-state index is -4.51. The van der Waals surface area contributed by atoms with E-state index in [1.807, 2.05) is 6.92 Å². The van der Waals surface area contributed by atoms with Crippen molar-refractivity contribution in [3.8, 4) is 0 Å². The van der Waals surface area contributed by atoms with Crippen molar-refractivity contribution >= 4 is 11.8 Å². The van der Waals surface area contributed by atoms with E-state index in [0.29, 0.717) is 6.54 Å². The second-order valence-corrected chi connectivity index (χ2v) is 4.56. The highest BCUT2D eigenvalue weighted by Crippen LogP contribution is 2.29. The van der Waals surface area contributed by atoms with Gasteiger partial charge in [-0.3, -0.25) is 9.59 Å². The number of carbonyl (C=O) groups is 2. The molecule has 0 spiro atoms. The Kier molecular flexibility index (Phi) is 5.75. The zero-order valence-electron chi connectivity index (χ0n) is 11.8. The van der Waals surface area contributed by atoms with Gasteiger partial charge in [0, 0.05) is 12.1 Å². The molecule has 0 unspecified atom stereocenters. The Morgan fingerprint density at radius 3 is 2.52 bits per heavy atom. The second kappa shape index (κ2) is 7.10. The van der Waals surface area contributed by atoms with Crippen molar-refractivity contribution in [3.63, 3.8) is 0 Å². The molecule has 0 aliphatic carbocycles. The molecule has 1 aromatic carbocycles. The molecule has 1 aromatic rings. The van der Waals surface area contributed by atoms with E-state index in [1.54, 1.807) is 0 Å². The van der Waals surface area contributed by atoms with Crippen molar-refractivity contribution in [1.29, 1.82) is 0 Å². The largest absolute Gasteiger partial charge is 0.416 e. The molecular formula is C14H17F3N2O2. The summed E-state index contributed by atoms with van der Waals surface area (Å²) in [5.41, 5.74) is -1.04. The number of alkyl halides is 3. The van der Waals surface area contributed by atoms with Gasteiger partial charge in [-0.2, -0.15) is 13.2 Å². The van der Waals surface area contributed by atoms with E-state index >= 15 is 0 Å². The smallest absolute Gasteiger partial charge is 0.354 e. The lowest BCUT2D eigenvalue weighted by Gasteiger charge is -2.14. The van der Waals surface area contributed by atoms with Crippen molar-refractivity contribution in [3.05, 3.63) is 35.4 Å². The summed E-state index contributed by atoms with van der Waals surface area (Å²) in [6.45, 7) is 3.82. The Morgan fingerprint density at radius 2 is 1.95 bits per heavy atom. The van der Waals surface area contributed by atoms with Gasteiger partial charge in [0.1, 0.15) is 6.04 Å². The summed E-state index contributed by atoms with van der Waals surface area (Å²) in [5, 5.41) is 4.96. The third-order valence-corrected chi connectivity index (χ3v) is 2.74. The molecule has 1 rings (SSSR count). The summed E-state index contributed by atoms with van der Waals surface area (Å²) in [7, 11) is 0. The number of amides is 2. The van der Waals surface area contributed by atoms with Crippen molar-refractivity contribution in [2.45, 2.75) is 32.5 Å². The van der Waals surface area contributed by atoms with Crippen LogP contribution >= 0.6 is 0 Å². The van der Waals surface area contributed by atoms with Crippen LogP contribution in [-0.2, 0) is 11.0 Å². The molecule has 7 heteroatoms. The molecule has 0 radical (unpaired) electrons. The van der Waals surface area contributed by atoms with Gasteiger partial charge >= 0.3 is 6.18 Å². The topological polar surface area (TPSA) is 58.2 Å². The van der Waals surface area contributed by atoms with Gasteiger partial charge in [-0.15, -0.1) is 0 Å². The van der Waals surface area contributed by atoms with Gasteiger partial charge in [-0.05, 0) is 31.5 Å². The summed E-state index contributed by atoms with van der Waals surface area (Å²) in [6.07, 6.45) is -3.76. The first-order valence-corrected chi connectivity index (χ1v) is 6.51. The molecule has 1 atom stereocenters. The minimum absolute atomic E-state index is 0.139. The van der Waals surface area contributed by atoms with Crippen molar-refractivity contribution < 1.29 is 22.8 Å². The van der Waals surface area contributed by atoms with Crippen LogP contribution in [0.25, 0.3) is 0 Å². The maximum atomic E-state index is 12.6. The molecule has 0 aliphatic heterocycles. The van der Waals surface area contributed by atoms with E-state index in [0.717, 1.165) is 24.6 Å². The average Bonchev–Trinajstić information content (AvgIpc) is 2.43. The molecule has 0 heterocycles. The molecule has 0 aliphatic rings. The van der Waals surface area contributed by atoms with Crippen molar-refractivity contribution in [2.24, 2.45) is 0 Å². The Balaban J connectivity index is 2.74. The number of benzene rings is 1. The summed E-state index contributed by atoms with van der Waals surface area (Å²) < 4.78 is 37.7. The first-order chi connectivity index (χ1) is 9.75. The number of nitrogens with one attached hydrogen (secondary N) is 2. The van der Waals surface area contributed by atoms with Gasteiger partial charge in [0.15, 0.2) is 0 Å². The SMILES string of the molecule is CCCNC(=O)[C@@H](C)NC(=O)c1cccc(C(F)(F)F)c1. The third-order valence-electron chi connectivity index (χ3n) is 2.74. The molecular weight excluding hydrogens is 285 g/mol. The fourth-order valence-corrected chi connectivity index (χ4v) is 1.58. The monoisotopic (exact) mass is 302 g/mol. The van der Waals surface area contributed by atoms with Gasteiger partial charge in [0.25, 0.3) is 5.91 Å². The molecule has 21 heavy (non-hydrogen) atoms. The zero-order chi connectivity index (χ0) is 16.0. The lowest BCUT2D eigenvalue weighted by molar-refractivity contribution is -0.137. The molecule has 0 bridgehead atoms. The fourth-order valence-electron chi connectivity index (χ4n) is 1.58. The van der Waals surface area contributed by atoms with E-state index < -0.39 is 23.7 Å². The van der Waals surface area contributed by atoms with E-state index in [4.69, 9.17) is 0 Å². The van der Waals surface area contributed by atoms with Crippen LogP contribution < -0.4 is 10.6 Å². The summed E-state index contributed by atoms with van der Waals surface area (Å²) in [4.78, 5) is 23.4. The van der Waals surface area contributed by atoms with Crippen LogP contribution in [0.3, 0.4) is 0 Å². The van der Waals surface area contributed by atoms with Gasteiger partial charge < -0.3 is 10.6 Å². The van der Waals surface area contributed by atoms with Gasteiger partial charge in [-0.1, -0.05) is 13.0 Å². The van der Waals surface area contributed by atoms with Gasteiger partial charge in [-0.25, -0.2) is 0 Å². The zero-order valence-corrected chi connectivity index (χ0v) is 11.8. The van der Waals surface area contributed by atoms with Crippen LogP contribution in [0.4, 0.5) is 13.2 Å². The molecule has 2 N–H and O–H groups in total. The standard InChI is InChI=1S/C14H17F3N2O2/c1-3-7-18-12(20)9(2)19-13(21)10-5-4-6-11(8-10)14(15,16)17/h4-6,8-9H,3,7H2,1-2H3,(H,18,20)(H,19,21)/t9-/m1/s1. The molecule has 0 aromatic heterocycles. The van der Waals surface area contributed by atoms with Crippen LogP contribution in [0.5, 0.6) is 0 Å². The lowest BCUT2D eigenvalue weighted by Crippen LogP contribution is -2.45. The Morgan fingerprint density at radius 1 is 1.29 bits per heavy atom. The first-order valence-electron chi connectivity index (χ1n) is 6.51. The molecule has 0 saturated heterocycles. The highest BCUT2D eigenvalue weighted by molar-refractivity contribution is 5.97. The van der Waals surface area contributed by atoms with Gasteiger partial charge in [0.05, 0.1) is 5.56 Å². The summed E-state index contributed by atoms with van der Waals surface area (Å²) >= 11 is 0. The van der Waals surface area contributed by atoms with Crippen molar-refractivity contribution in [2.75, 3.05) is 6.54 Å². The average molecular weight is 302 g/mol. The summed E-state index contributed by atoms with van der Waals surface area (Å²) in [6, 6.07) is 3.24. The van der Waals surface area contributed by atoms with Crippen molar-refractivity contribution in [1.82, 2.24) is 10.6 Å². The summed E-state index contributed by atoms with van der Waals surface area (Å²) in [5.74, 6) is -1.10. The molecule has 116 valence electrons. The van der Waals surface area contributed by atoms with Crippen LogP contribution in [0, 0.1) is 0 Å². The maximum absolute atomic E-state index is 12.6. The molecule has 0 saturated carbocycles. The Bertz CT molecular complexity index is 515. The van der Waals surface area contributed by atoms with E-state index in [1.165, 1.54) is 13.0 Å². The fraction of sp³-hybridized carbons (Fsp3) is 0.429. The number of hydrogen-bond acceptors (Lipinski definition) is 2. The Labute approximate surface area is 120 Å². The number of carbonyl (C=O) groups excluding carboxylic acids is 2. The lowest BCUT2D eigenvalue weighted by atomic mass is 10.1. The van der Waals surface area contributed by atoms with E-state index in [2.05, 4.69) is 10.6 Å². The maximum Gasteiger partial charge on any atom is 0.416 e. The molecule has 2 amide bonds. The minimum Gasteiger partial charge on any atom is -0.354 e. The van der Waals surface area contributed by atoms with E-state index in [-0.39, 0.29) is 11.5 Å². The third kappa shape index (κ3) is 5.09. The number of hydrogen-bond donors (Lipinski definition) is 2. The number of rotatable bonds is 5. The first kappa shape index (κ1) is 17.0. The number of halogens is 3. The van der Waals surface area contributed by atoms with E-state index in [9.17, 15) is 22.8 Å².